The van der Waals surface area contributed by atoms with Crippen molar-refractivity contribution in [1.29, 1.82) is 0 Å². The van der Waals surface area contributed by atoms with Crippen LogP contribution in [-0.4, -0.2) is 49.9 Å². The number of halogens is 3. The molecule has 0 bridgehead atoms. The van der Waals surface area contributed by atoms with Crippen molar-refractivity contribution >= 4 is 17.9 Å². The van der Waals surface area contributed by atoms with Crippen molar-refractivity contribution in [2.75, 3.05) is 27.2 Å². The molecule has 0 saturated carbocycles. The molecule has 2 N–H and O–H groups in total. The van der Waals surface area contributed by atoms with Gasteiger partial charge in [0.2, 0.25) is 11.8 Å². The van der Waals surface area contributed by atoms with E-state index >= 15 is 0 Å². The molecule has 8 heteroatoms. The number of alkyl halides is 3. The van der Waals surface area contributed by atoms with Gasteiger partial charge in [0.15, 0.2) is 0 Å². The highest BCUT2D eigenvalue weighted by atomic mass is 19.4. The van der Waals surface area contributed by atoms with Gasteiger partial charge in [-0.1, -0.05) is 42.5 Å². The van der Waals surface area contributed by atoms with Gasteiger partial charge in [0, 0.05) is 32.6 Å². The van der Waals surface area contributed by atoms with Crippen LogP contribution in [0.1, 0.15) is 16.7 Å². The van der Waals surface area contributed by atoms with Crippen LogP contribution in [0, 0.1) is 0 Å². The molecule has 0 aliphatic rings. The van der Waals surface area contributed by atoms with Gasteiger partial charge in [-0.15, -0.1) is 0 Å². The summed E-state index contributed by atoms with van der Waals surface area (Å²) in [5.74, 6) is -0.730. The van der Waals surface area contributed by atoms with Crippen LogP contribution in [0.3, 0.4) is 0 Å². The predicted octanol–water partition coefficient (Wildman–Crippen LogP) is 3.12. The summed E-state index contributed by atoms with van der Waals surface area (Å²) in [7, 11) is 3.45. The first kappa shape index (κ1) is 24.1. The van der Waals surface area contributed by atoms with Crippen molar-refractivity contribution in [1.82, 2.24) is 15.5 Å². The summed E-state index contributed by atoms with van der Waals surface area (Å²) in [4.78, 5) is 26.8. The number of carbonyl (C=O) groups excluding carboxylic acids is 2. The summed E-state index contributed by atoms with van der Waals surface area (Å²) >= 11 is 0. The third-order valence-electron chi connectivity index (χ3n) is 4.64. The van der Waals surface area contributed by atoms with E-state index in [-0.39, 0.29) is 5.91 Å². The molecule has 0 saturated heterocycles. The Bertz CT molecular complexity index is 881. The largest absolute Gasteiger partial charge is 0.416 e. The van der Waals surface area contributed by atoms with Gasteiger partial charge in [0.05, 0.1) is 5.56 Å². The molecule has 2 amide bonds. The molecule has 0 fully saturated rings. The smallest absolute Gasteiger partial charge is 0.343 e. The standard InChI is InChI=1S/C23H26F3N3O2/c1-27-14-15-29(2)22(31)20(16-18-6-4-3-5-7-18)28-21(30)13-10-17-8-11-19(12-9-17)23(24,25)26/h3-13,20,27H,14-16H2,1-2H3,(H,28,30)/b13-10+/t20-/m0/s1. The van der Waals surface area contributed by atoms with Crippen LogP contribution in [0.25, 0.3) is 6.08 Å². The highest BCUT2D eigenvalue weighted by Gasteiger charge is 2.29. The first-order chi connectivity index (χ1) is 14.7. The summed E-state index contributed by atoms with van der Waals surface area (Å²) in [5, 5.41) is 5.68. The lowest BCUT2D eigenvalue weighted by atomic mass is 10.0. The summed E-state index contributed by atoms with van der Waals surface area (Å²) in [6, 6.07) is 13.0. The molecule has 31 heavy (non-hydrogen) atoms. The second kappa shape index (κ2) is 11.3. The molecular formula is C23H26F3N3O2. The van der Waals surface area contributed by atoms with E-state index in [9.17, 15) is 22.8 Å². The molecule has 166 valence electrons. The number of likely N-dealkylation sites (N-methyl/N-ethyl adjacent to an activating group) is 2. The zero-order chi connectivity index (χ0) is 22.9. The average molecular weight is 433 g/mol. The Kier molecular flexibility index (Phi) is 8.81. The highest BCUT2D eigenvalue weighted by Crippen LogP contribution is 2.29. The van der Waals surface area contributed by atoms with Crippen molar-refractivity contribution in [3.8, 4) is 0 Å². The average Bonchev–Trinajstić information content (AvgIpc) is 2.75. The SMILES string of the molecule is CNCCN(C)C(=O)[C@H](Cc1ccccc1)NC(=O)/C=C/c1ccc(C(F)(F)F)cc1. The molecule has 0 aliphatic carbocycles. The summed E-state index contributed by atoms with van der Waals surface area (Å²) in [6.45, 7) is 1.10. The van der Waals surface area contributed by atoms with E-state index < -0.39 is 23.7 Å². The number of amides is 2. The van der Waals surface area contributed by atoms with Crippen LogP contribution in [0.2, 0.25) is 0 Å². The van der Waals surface area contributed by atoms with Gasteiger partial charge in [-0.3, -0.25) is 9.59 Å². The molecule has 2 rings (SSSR count). The Balaban J connectivity index is 2.08. The van der Waals surface area contributed by atoms with Gasteiger partial charge in [-0.25, -0.2) is 0 Å². The molecule has 0 aliphatic heterocycles. The zero-order valence-corrected chi connectivity index (χ0v) is 17.4. The van der Waals surface area contributed by atoms with Gasteiger partial charge < -0.3 is 15.5 Å². The van der Waals surface area contributed by atoms with E-state index in [1.165, 1.54) is 24.3 Å². The summed E-state index contributed by atoms with van der Waals surface area (Å²) in [5.41, 5.74) is 0.585. The lowest BCUT2D eigenvalue weighted by Crippen LogP contribution is -2.49. The number of nitrogens with one attached hydrogen (secondary N) is 2. The van der Waals surface area contributed by atoms with E-state index in [1.54, 1.807) is 19.0 Å². The Morgan fingerprint density at radius 1 is 1.06 bits per heavy atom. The third kappa shape index (κ3) is 7.90. The van der Waals surface area contributed by atoms with Crippen molar-refractivity contribution in [2.45, 2.75) is 18.6 Å². The van der Waals surface area contributed by atoms with E-state index in [0.717, 1.165) is 17.7 Å². The quantitative estimate of drug-likeness (QED) is 0.598. The normalized spacial score (nSPS) is 12.5. The fourth-order valence-electron chi connectivity index (χ4n) is 2.88. The zero-order valence-electron chi connectivity index (χ0n) is 17.4. The van der Waals surface area contributed by atoms with Gasteiger partial charge in [-0.05, 0) is 36.4 Å². The van der Waals surface area contributed by atoms with Crippen molar-refractivity contribution in [2.24, 2.45) is 0 Å². The van der Waals surface area contributed by atoms with Crippen LogP contribution < -0.4 is 10.6 Å². The maximum atomic E-state index is 12.8. The molecule has 0 aromatic heterocycles. The number of hydrogen-bond donors (Lipinski definition) is 2. The minimum absolute atomic E-state index is 0.226. The summed E-state index contributed by atoms with van der Waals surface area (Å²) in [6.07, 6.45) is -1.47. The number of rotatable bonds is 9. The van der Waals surface area contributed by atoms with Crippen molar-refractivity contribution in [3.63, 3.8) is 0 Å². The Morgan fingerprint density at radius 3 is 2.29 bits per heavy atom. The van der Waals surface area contributed by atoms with Crippen LogP contribution in [0.4, 0.5) is 13.2 Å². The minimum Gasteiger partial charge on any atom is -0.343 e. The van der Waals surface area contributed by atoms with E-state index in [4.69, 9.17) is 0 Å². The predicted molar refractivity (Wildman–Crippen MR) is 114 cm³/mol. The Hall–Kier alpha value is -3.13. The molecule has 5 nitrogen and oxygen atoms in total. The molecule has 2 aromatic rings. The monoisotopic (exact) mass is 433 g/mol. The topological polar surface area (TPSA) is 61.4 Å². The number of hydrogen-bond acceptors (Lipinski definition) is 3. The molecule has 0 radical (unpaired) electrons. The number of benzene rings is 2. The number of nitrogens with zero attached hydrogens (tertiary/aromatic N) is 1. The maximum absolute atomic E-state index is 12.8. The van der Waals surface area contributed by atoms with Crippen molar-refractivity contribution in [3.05, 3.63) is 77.4 Å². The van der Waals surface area contributed by atoms with Gasteiger partial charge in [0.1, 0.15) is 6.04 Å². The van der Waals surface area contributed by atoms with Gasteiger partial charge in [-0.2, -0.15) is 13.2 Å². The molecule has 2 aromatic carbocycles. The molecule has 1 atom stereocenters. The highest BCUT2D eigenvalue weighted by molar-refractivity contribution is 5.95. The summed E-state index contributed by atoms with van der Waals surface area (Å²) < 4.78 is 38.0. The molecule has 0 unspecified atom stereocenters. The van der Waals surface area contributed by atoms with Gasteiger partial charge in [0.25, 0.3) is 0 Å². The minimum atomic E-state index is -4.41. The first-order valence-electron chi connectivity index (χ1n) is 9.80. The lowest BCUT2D eigenvalue weighted by molar-refractivity contribution is -0.137. The second-order valence-electron chi connectivity index (χ2n) is 7.07. The van der Waals surface area contributed by atoms with Crippen molar-refractivity contribution < 1.29 is 22.8 Å². The van der Waals surface area contributed by atoms with Crippen LogP contribution >= 0.6 is 0 Å². The third-order valence-corrected chi connectivity index (χ3v) is 4.64. The number of carbonyl (C=O) groups is 2. The maximum Gasteiger partial charge on any atom is 0.416 e. The van der Waals surface area contributed by atoms with Crippen LogP contribution in [0.5, 0.6) is 0 Å². The van der Waals surface area contributed by atoms with Crippen LogP contribution in [-0.2, 0) is 22.2 Å². The Labute approximate surface area is 179 Å². The van der Waals surface area contributed by atoms with Gasteiger partial charge >= 0.3 is 6.18 Å². The lowest BCUT2D eigenvalue weighted by Gasteiger charge is -2.24. The fraction of sp³-hybridized carbons (Fsp3) is 0.304. The van der Waals surface area contributed by atoms with Crippen LogP contribution in [0.15, 0.2) is 60.7 Å². The fourth-order valence-corrected chi connectivity index (χ4v) is 2.88. The molecular weight excluding hydrogens is 407 g/mol. The van der Waals surface area contributed by atoms with E-state index in [0.29, 0.717) is 25.1 Å². The van der Waals surface area contributed by atoms with E-state index in [2.05, 4.69) is 10.6 Å². The van der Waals surface area contributed by atoms with E-state index in [1.807, 2.05) is 30.3 Å². The first-order valence-corrected chi connectivity index (χ1v) is 9.80. The molecule has 0 heterocycles. The molecule has 0 spiro atoms. The Morgan fingerprint density at radius 2 is 1.71 bits per heavy atom. The second-order valence-corrected chi connectivity index (χ2v) is 7.07.